The number of thiol groups is 1. The average molecular weight is 1040 g/mol. The van der Waals surface area contributed by atoms with Crippen molar-refractivity contribution in [1.82, 2.24) is 42.5 Å². The third-order valence-electron chi connectivity index (χ3n) is 9.72. The van der Waals surface area contributed by atoms with Crippen molar-refractivity contribution in [2.24, 2.45) is 17.2 Å². The molecule has 0 aliphatic rings. The van der Waals surface area contributed by atoms with E-state index in [-0.39, 0.29) is 53.8 Å². The molecule has 0 aliphatic heterocycles. The highest BCUT2D eigenvalue weighted by molar-refractivity contribution is 8.00. The standard InChI is InChI=1S/C44H74N12O11S3/c1-43(2,3)69-23-31(55-35(60)26(46)15-10-11-17-45)39(64)52-27(16-12-18-49-42(47)48)36(61)50-21-33(57)51-29(20-34(58)59)38(63)56-32(24-70-44(4,5)6)40(65)53-28(19-25-13-8-7-9-14-25)37(62)54-30(22-68)41(66)67/h7-9,13-14,26-32,68H,10-12,15-24,45-46H2,1-6H3,(H,50,61)(H,51,57)(H,52,64)(H,53,65)(H,54,62)(H,55,60)(H,56,63)(H,58,59)(H,66,67)(H4,47,48,49)/t26-,27-,28-,29-,30-,31-,32-/m0/s1. The summed E-state index contributed by atoms with van der Waals surface area (Å²) in [6.07, 6.45) is 0.698. The Bertz CT molecular complexity index is 1920. The summed E-state index contributed by atoms with van der Waals surface area (Å²) >= 11 is 6.63. The Labute approximate surface area is 423 Å². The Hall–Kier alpha value is -5.31. The topological polar surface area (TPSA) is 392 Å². The predicted molar refractivity (Wildman–Crippen MR) is 273 cm³/mol. The lowest BCUT2D eigenvalue weighted by molar-refractivity contribution is -0.141. The quantitative estimate of drug-likeness (QED) is 0.0169. The van der Waals surface area contributed by atoms with Crippen molar-refractivity contribution in [3.63, 3.8) is 0 Å². The van der Waals surface area contributed by atoms with Gasteiger partial charge < -0.3 is 69.9 Å². The fourth-order valence-corrected chi connectivity index (χ4v) is 8.05. The number of carbonyl (C=O) groups excluding carboxylic acids is 7. The molecule has 0 heterocycles. The van der Waals surface area contributed by atoms with Crippen molar-refractivity contribution >= 4 is 95.4 Å². The Kier molecular flexibility index (Phi) is 28.5. The van der Waals surface area contributed by atoms with Crippen LogP contribution in [0.2, 0.25) is 0 Å². The fraction of sp³-hybridized carbons (Fsp3) is 0.636. The maximum Gasteiger partial charge on any atom is 0.327 e. The Balaban J connectivity index is 3.35. The number of carboxylic acids is 2. The molecule has 23 nitrogen and oxygen atoms in total. The zero-order chi connectivity index (χ0) is 53.2. The lowest BCUT2D eigenvalue weighted by atomic mass is 10.0. The number of carbonyl (C=O) groups is 9. The average Bonchev–Trinajstić information content (AvgIpc) is 3.26. The van der Waals surface area contributed by atoms with E-state index in [9.17, 15) is 53.4 Å². The lowest BCUT2D eigenvalue weighted by Gasteiger charge is -2.27. The van der Waals surface area contributed by atoms with Gasteiger partial charge >= 0.3 is 11.9 Å². The minimum Gasteiger partial charge on any atom is -0.481 e. The number of nitrogens with two attached hydrogens (primary N) is 3. The molecule has 0 unspecified atom stereocenters. The number of thioether (sulfide) groups is 2. The number of benzene rings is 1. The number of nitrogens with one attached hydrogen (secondary N) is 9. The number of guanidine groups is 1. The van der Waals surface area contributed by atoms with E-state index in [1.807, 2.05) is 41.5 Å². The van der Waals surface area contributed by atoms with Gasteiger partial charge in [0.05, 0.1) is 19.0 Å². The van der Waals surface area contributed by atoms with Crippen molar-refractivity contribution in [2.45, 2.75) is 138 Å². The molecule has 0 radical (unpaired) electrons. The van der Waals surface area contributed by atoms with Crippen LogP contribution in [0.4, 0.5) is 0 Å². The van der Waals surface area contributed by atoms with Crippen LogP contribution in [0.15, 0.2) is 30.3 Å². The summed E-state index contributed by atoms with van der Waals surface area (Å²) < 4.78 is -0.786. The highest BCUT2D eigenvalue weighted by Crippen LogP contribution is 2.25. The van der Waals surface area contributed by atoms with Crippen molar-refractivity contribution in [3.8, 4) is 0 Å². The van der Waals surface area contributed by atoms with E-state index in [4.69, 9.17) is 22.6 Å². The van der Waals surface area contributed by atoms with Gasteiger partial charge in [-0.3, -0.25) is 43.8 Å². The van der Waals surface area contributed by atoms with Crippen LogP contribution in [0.25, 0.3) is 0 Å². The number of hydrogen-bond acceptors (Lipinski definition) is 15. The van der Waals surface area contributed by atoms with E-state index >= 15 is 0 Å². The van der Waals surface area contributed by atoms with Gasteiger partial charge in [0.2, 0.25) is 41.4 Å². The maximum atomic E-state index is 14.0. The second-order valence-electron chi connectivity index (χ2n) is 18.2. The van der Waals surface area contributed by atoms with Crippen LogP contribution in [0.5, 0.6) is 0 Å². The second-order valence-corrected chi connectivity index (χ2v) is 22.2. The molecule has 0 saturated heterocycles. The minimum absolute atomic E-state index is 0.0333. The van der Waals surface area contributed by atoms with Crippen LogP contribution < -0.4 is 59.7 Å². The van der Waals surface area contributed by atoms with Crippen LogP contribution in [-0.2, 0) is 49.6 Å². The third-order valence-corrected chi connectivity index (χ3v) is 12.8. The molecule has 0 saturated carbocycles. The van der Waals surface area contributed by atoms with Gasteiger partial charge in [-0.25, -0.2) is 4.79 Å². The summed E-state index contributed by atoms with van der Waals surface area (Å²) in [6, 6.07) is -0.766. The number of hydrogen-bond donors (Lipinski definition) is 15. The third kappa shape index (κ3) is 27.2. The zero-order valence-corrected chi connectivity index (χ0v) is 43.2. The van der Waals surface area contributed by atoms with Crippen molar-refractivity contribution in [3.05, 3.63) is 35.9 Å². The normalized spacial score (nSPS) is 14.4. The van der Waals surface area contributed by atoms with Gasteiger partial charge in [-0.2, -0.15) is 36.2 Å². The molecular weight excluding hydrogens is 969 g/mol. The van der Waals surface area contributed by atoms with Crippen molar-refractivity contribution < 1.29 is 53.4 Å². The van der Waals surface area contributed by atoms with E-state index in [2.05, 4.69) is 55.2 Å². The number of unbranched alkanes of at least 4 members (excludes halogenated alkanes) is 1. The summed E-state index contributed by atoms with van der Waals surface area (Å²) in [5.74, 6) is -9.41. The largest absolute Gasteiger partial charge is 0.481 e. The summed E-state index contributed by atoms with van der Waals surface area (Å²) in [5, 5.41) is 46.7. The van der Waals surface area contributed by atoms with Gasteiger partial charge in [-0.1, -0.05) is 78.3 Å². The molecule has 26 heteroatoms. The number of rotatable bonds is 32. The van der Waals surface area contributed by atoms with Crippen LogP contribution in [-0.4, -0.2) is 158 Å². The van der Waals surface area contributed by atoms with E-state index < -0.39 is 113 Å². The molecule has 394 valence electrons. The number of aliphatic carboxylic acids is 2. The molecule has 1 aromatic carbocycles. The number of amides is 7. The fourth-order valence-electron chi connectivity index (χ4n) is 6.00. The zero-order valence-electron chi connectivity index (χ0n) is 40.7. The first-order valence-electron chi connectivity index (χ1n) is 22.7. The number of carboxylic acid groups (broad SMARTS) is 2. The lowest BCUT2D eigenvalue weighted by Crippen LogP contribution is -2.60. The first-order chi connectivity index (χ1) is 32.7. The molecule has 7 amide bonds. The summed E-state index contributed by atoms with van der Waals surface area (Å²) in [6.45, 7) is 11.0. The van der Waals surface area contributed by atoms with Crippen LogP contribution >= 0.6 is 36.2 Å². The Morgan fingerprint density at radius 2 is 1.14 bits per heavy atom. The molecule has 0 bridgehead atoms. The molecule has 7 atom stereocenters. The van der Waals surface area contributed by atoms with Crippen molar-refractivity contribution in [2.75, 3.05) is 36.9 Å². The van der Waals surface area contributed by atoms with Gasteiger partial charge in [0.25, 0.3) is 0 Å². The van der Waals surface area contributed by atoms with Gasteiger partial charge in [0.15, 0.2) is 5.96 Å². The van der Waals surface area contributed by atoms with Crippen LogP contribution in [0, 0.1) is 5.41 Å². The molecular formula is C44H74N12O11S3. The molecule has 70 heavy (non-hydrogen) atoms. The molecule has 0 fully saturated rings. The van der Waals surface area contributed by atoms with E-state index in [1.54, 1.807) is 30.3 Å². The van der Waals surface area contributed by atoms with Crippen molar-refractivity contribution in [1.29, 1.82) is 5.41 Å². The minimum atomic E-state index is -1.79. The monoisotopic (exact) mass is 1040 g/mol. The molecule has 0 aromatic heterocycles. The molecule has 0 aliphatic carbocycles. The Morgan fingerprint density at radius 1 is 0.643 bits per heavy atom. The van der Waals surface area contributed by atoms with Crippen LogP contribution in [0.3, 0.4) is 0 Å². The van der Waals surface area contributed by atoms with Gasteiger partial charge in [-0.05, 0) is 37.8 Å². The van der Waals surface area contributed by atoms with E-state index in [0.717, 1.165) is 0 Å². The first-order valence-corrected chi connectivity index (χ1v) is 25.3. The molecule has 1 aromatic rings. The first kappa shape index (κ1) is 62.7. The Morgan fingerprint density at radius 3 is 1.64 bits per heavy atom. The summed E-state index contributed by atoms with van der Waals surface area (Å²) in [5.41, 5.74) is 17.7. The van der Waals surface area contributed by atoms with Gasteiger partial charge in [0.1, 0.15) is 36.3 Å². The smallest absolute Gasteiger partial charge is 0.327 e. The highest BCUT2D eigenvalue weighted by Gasteiger charge is 2.34. The van der Waals surface area contributed by atoms with E-state index in [1.165, 1.54) is 23.5 Å². The predicted octanol–water partition coefficient (Wildman–Crippen LogP) is -1.47. The summed E-state index contributed by atoms with van der Waals surface area (Å²) in [4.78, 5) is 119. The maximum absolute atomic E-state index is 14.0. The van der Waals surface area contributed by atoms with Gasteiger partial charge in [0, 0.05) is 39.7 Å². The van der Waals surface area contributed by atoms with Gasteiger partial charge in [-0.15, -0.1) is 0 Å². The SMILES string of the molecule is CC(C)(C)SC[C@H](NC(=O)[C@H](CC(=O)O)NC(=O)CNC(=O)[C@H](CCCNC(=N)N)NC(=O)[C@H](CSC(C)(C)C)NC(=O)[C@@H](N)CCCCN)C(=O)N[C@@H](Cc1ccccc1)C(=O)N[C@@H](CS)C(=O)O. The van der Waals surface area contributed by atoms with Crippen LogP contribution in [0.1, 0.15) is 85.6 Å². The molecule has 1 rings (SSSR count). The van der Waals surface area contributed by atoms with E-state index in [0.29, 0.717) is 31.4 Å². The molecule has 17 N–H and O–H groups in total. The second kappa shape index (κ2) is 31.8. The summed E-state index contributed by atoms with van der Waals surface area (Å²) in [7, 11) is 0. The molecule has 0 spiro atoms. The highest BCUT2D eigenvalue weighted by atomic mass is 32.2.